The fraction of sp³-hybridized carbons (Fsp3) is 0.333. The van der Waals surface area contributed by atoms with Gasteiger partial charge in [-0.1, -0.05) is 26.0 Å². The van der Waals surface area contributed by atoms with Crippen molar-refractivity contribution in [3.05, 3.63) is 46.9 Å². The fourth-order valence-electron chi connectivity index (χ4n) is 2.11. The number of nitriles is 1. The van der Waals surface area contributed by atoms with Gasteiger partial charge in [-0.15, -0.1) is 0 Å². The Kier molecular flexibility index (Phi) is 4.04. The molecule has 0 aliphatic heterocycles. The van der Waals surface area contributed by atoms with Crippen LogP contribution in [0.3, 0.4) is 0 Å². The number of halogens is 1. The minimum Gasteiger partial charge on any atom is -0.383 e. The smallest absolute Gasteiger partial charge is 0.140 e. The molecule has 1 aromatic heterocycles. The molecular formula is C15H17FN4. The first-order valence-electron chi connectivity index (χ1n) is 6.51. The fourth-order valence-corrected chi connectivity index (χ4v) is 2.11. The van der Waals surface area contributed by atoms with Crippen LogP contribution in [0.1, 0.15) is 30.7 Å². The Labute approximate surface area is 117 Å². The number of hydrogen-bond donors (Lipinski definition) is 1. The van der Waals surface area contributed by atoms with Crippen molar-refractivity contribution < 1.29 is 4.39 Å². The summed E-state index contributed by atoms with van der Waals surface area (Å²) in [6.07, 6.45) is 0.698. The van der Waals surface area contributed by atoms with Gasteiger partial charge in [0.05, 0.1) is 12.2 Å². The Bertz CT molecular complexity index is 652. The van der Waals surface area contributed by atoms with Gasteiger partial charge in [0.1, 0.15) is 23.3 Å². The first kappa shape index (κ1) is 14.1. The normalized spacial score (nSPS) is 10.8. The van der Waals surface area contributed by atoms with Crippen molar-refractivity contribution >= 4 is 5.82 Å². The molecule has 2 N–H and O–H groups in total. The van der Waals surface area contributed by atoms with Crippen molar-refractivity contribution in [2.75, 3.05) is 5.73 Å². The average molecular weight is 272 g/mol. The Morgan fingerprint density at radius 1 is 1.45 bits per heavy atom. The van der Waals surface area contributed by atoms with Crippen molar-refractivity contribution in [1.29, 1.82) is 5.26 Å². The van der Waals surface area contributed by atoms with E-state index in [1.54, 1.807) is 16.8 Å². The minimum atomic E-state index is -0.295. The highest BCUT2D eigenvalue weighted by Gasteiger charge is 2.16. The van der Waals surface area contributed by atoms with Crippen LogP contribution in [-0.2, 0) is 13.0 Å². The van der Waals surface area contributed by atoms with Crippen LogP contribution in [0.4, 0.5) is 10.2 Å². The van der Waals surface area contributed by atoms with Crippen LogP contribution >= 0.6 is 0 Å². The molecule has 2 rings (SSSR count). The highest BCUT2D eigenvalue weighted by Crippen LogP contribution is 2.20. The van der Waals surface area contributed by atoms with E-state index in [9.17, 15) is 9.65 Å². The van der Waals surface area contributed by atoms with Crippen LogP contribution in [0.25, 0.3) is 0 Å². The molecule has 0 radical (unpaired) electrons. The first-order valence-corrected chi connectivity index (χ1v) is 6.51. The maximum atomic E-state index is 13.2. The monoisotopic (exact) mass is 272 g/mol. The molecule has 1 heterocycles. The molecular weight excluding hydrogens is 255 g/mol. The predicted octanol–water partition coefficient (Wildman–Crippen LogP) is 2.72. The summed E-state index contributed by atoms with van der Waals surface area (Å²) < 4.78 is 14.7. The largest absolute Gasteiger partial charge is 0.383 e. The van der Waals surface area contributed by atoms with E-state index < -0.39 is 0 Å². The van der Waals surface area contributed by atoms with Crippen molar-refractivity contribution in [2.24, 2.45) is 5.92 Å². The van der Waals surface area contributed by atoms with Gasteiger partial charge < -0.3 is 5.73 Å². The molecule has 1 aromatic carbocycles. The van der Waals surface area contributed by atoms with Crippen LogP contribution in [0.2, 0.25) is 0 Å². The molecule has 2 aromatic rings. The lowest BCUT2D eigenvalue weighted by molar-refractivity contribution is 0.604. The third kappa shape index (κ3) is 2.97. The van der Waals surface area contributed by atoms with Crippen molar-refractivity contribution in [3.63, 3.8) is 0 Å². The van der Waals surface area contributed by atoms with Crippen LogP contribution in [0.15, 0.2) is 24.3 Å². The molecule has 0 saturated heterocycles. The van der Waals surface area contributed by atoms with Gasteiger partial charge in [0.25, 0.3) is 0 Å². The Morgan fingerprint density at radius 3 is 2.80 bits per heavy atom. The molecule has 0 fully saturated rings. The van der Waals surface area contributed by atoms with Crippen LogP contribution in [0, 0.1) is 23.1 Å². The second-order valence-electron chi connectivity index (χ2n) is 5.20. The summed E-state index contributed by atoms with van der Waals surface area (Å²) in [6.45, 7) is 4.47. The molecule has 5 heteroatoms. The van der Waals surface area contributed by atoms with Gasteiger partial charge in [0.2, 0.25) is 0 Å². The van der Waals surface area contributed by atoms with Crippen molar-refractivity contribution in [2.45, 2.75) is 26.8 Å². The molecule has 0 saturated carbocycles. The maximum Gasteiger partial charge on any atom is 0.140 e. The highest BCUT2D eigenvalue weighted by atomic mass is 19.1. The Morgan fingerprint density at radius 2 is 2.20 bits per heavy atom. The van der Waals surface area contributed by atoms with E-state index in [1.165, 1.54) is 12.1 Å². The standard InChI is InChI=1S/C15H17FN4/c1-10(2)6-14-13(8-17)15(18)20(19-14)9-11-4-3-5-12(16)7-11/h3-5,7,10H,6,9,18H2,1-2H3. The predicted molar refractivity (Wildman–Crippen MR) is 75.4 cm³/mol. The summed E-state index contributed by atoms with van der Waals surface area (Å²) in [4.78, 5) is 0. The molecule has 0 unspecified atom stereocenters. The number of hydrogen-bond acceptors (Lipinski definition) is 3. The zero-order valence-corrected chi connectivity index (χ0v) is 11.6. The number of aromatic nitrogens is 2. The lowest BCUT2D eigenvalue weighted by Gasteiger charge is -2.04. The van der Waals surface area contributed by atoms with Gasteiger partial charge in [0.15, 0.2) is 0 Å². The van der Waals surface area contributed by atoms with Gasteiger partial charge in [-0.05, 0) is 30.0 Å². The number of nitrogens with two attached hydrogens (primary N) is 1. The van der Waals surface area contributed by atoms with Gasteiger partial charge in [-0.3, -0.25) is 0 Å². The molecule has 0 spiro atoms. The second-order valence-corrected chi connectivity index (χ2v) is 5.20. The summed E-state index contributed by atoms with van der Waals surface area (Å²) in [5.74, 6) is 0.433. The van der Waals surface area contributed by atoms with Crippen LogP contribution in [-0.4, -0.2) is 9.78 Å². The molecule has 20 heavy (non-hydrogen) atoms. The summed E-state index contributed by atoms with van der Waals surface area (Å²) in [7, 11) is 0. The second kappa shape index (κ2) is 5.74. The number of nitrogens with zero attached hydrogens (tertiary/aromatic N) is 3. The van der Waals surface area contributed by atoms with Crippen LogP contribution < -0.4 is 5.73 Å². The zero-order chi connectivity index (χ0) is 14.7. The highest BCUT2D eigenvalue weighted by molar-refractivity contribution is 5.52. The van der Waals surface area contributed by atoms with Gasteiger partial charge in [-0.2, -0.15) is 10.4 Å². The van der Waals surface area contributed by atoms with E-state index in [-0.39, 0.29) is 5.82 Å². The average Bonchev–Trinajstić information content (AvgIpc) is 2.64. The van der Waals surface area contributed by atoms with E-state index in [0.29, 0.717) is 36.0 Å². The number of anilines is 1. The van der Waals surface area contributed by atoms with E-state index in [1.807, 2.05) is 0 Å². The molecule has 0 aliphatic rings. The lowest BCUT2D eigenvalue weighted by atomic mass is 10.1. The Hall–Kier alpha value is -2.35. The summed E-state index contributed by atoms with van der Waals surface area (Å²) in [6, 6.07) is 8.38. The molecule has 4 nitrogen and oxygen atoms in total. The summed E-state index contributed by atoms with van der Waals surface area (Å²) in [5, 5.41) is 13.6. The third-order valence-electron chi connectivity index (χ3n) is 3.00. The number of rotatable bonds is 4. The first-order chi connectivity index (χ1) is 9.51. The quantitative estimate of drug-likeness (QED) is 0.930. The van der Waals surface area contributed by atoms with Gasteiger partial charge in [0, 0.05) is 0 Å². The molecule has 0 aliphatic carbocycles. The lowest BCUT2D eigenvalue weighted by Crippen LogP contribution is -2.06. The molecule has 0 bridgehead atoms. The van der Waals surface area contributed by atoms with Crippen molar-refractivity contribution in [3.8, 4) is 6.07 Å². The van der Waals surface area contributed by atoms with Crippen LogP contribution in [0.5, 0.6) is 0 Å². The maximum absolute atomic E-state index is 13.2. The summed E-state index contributed by atoms with van der Waals surface area (Å²) >= 11 is 0. The van der Waals surface area contributed by atoms with E-state index in [4.69, 9.17) is 5.73 Å². The van der Waals surface area contributed by atoms with E-state index >= 15 is 0 Å². The number of nitrogen functional groups attached to an aromatic ring is 1. The molecule has 0 amide bonds. The zero-order valence-electron chi connectivity index (χ0n) is 11.6. The number of benzene rings is 1. The van der Waals surface area contributed by atoms with E-state index in [2.05, 4.69) is 25.0 Å². The summed E-state index contributed by atoms with van der Waals surface area (Å²) in [5.41, 5.74) is 7.86. The minimum absolute atomic E-state index is 0.295. The van der Waals surface area contributed by atoms with E-state index in [0.717, 1.165) is 5.56 Å². The molecule has 104 valence electrons. The topological polar surface area (TPSA) is 67.6 Å². The van der Waals surface area contributed by atoms with Gasteiger partial charge in [-0.25, -0.2) is 9.07 Å². The third-order valence-corrected chi connectivity index (χ3v) is 3.00. The molecule has 0 atom stereocenters. The van der Waals surface area contributed by atoms with Gasteiger partial charge >= 0.3 is 0 Å². The Balaban J connectivity index is 2.33. The van der Waals surface area contributed by atoms with Crippen molar-refractivity contribution in [1.82, 2.24) is 9.78 Å². The SMILES string of the molecule is CC(C)Cc1nn(Cc2cccc(F)c2)c(N)c1C#N.